The maximum Gasteiger partial charge on any atom is 0.289 e. The Hall–Kier alpha value is -0.0800. The van der Waals surface area contributed by atoms with E-state index in [4.69, 9.17) is 5.11 Å². The van der Waals surface area contributed by atoms with Crippen LogP contribution in [0.5, 0.6) is 0 Å². The number of unbranched alkanes of at least 4 members (excludes halogenated alkanes) is 3. The van der Waals surface area contributed by atoms with E-state index < -0.39 is 0 Å². The molecule has 0 aliphatic carbocycles. The molecule has 0 atom stereocenters. The second kappa shape index (κ2) is 7.92. The van der Waals surface area contributed by atoms with Gasteiger partial charge in [-0.25, -0.2) is 0 Å². The molecular weight excluding hydrogens is 116 g/mol. The zero-order valence-corrected chi connectivity index (χ0v) is 5.89. The summed E-state index contributed by atoms with van der Waals surface area (Å²) in [6.07, 6.45) is 4.67. The molecule has 1 N–H and O–H groups in total. The fourth-order valence-electron chi connectivity index (χ4n) is 0.647. The molecule has 0 heterocycles. The van der Waals surface area contributed by atoms with E-state index in [-0.39, 0.29) is 0 Å². The van der Waals surface area contributed by atoms with Gasteiger partial charge in [-0.3, -0.25) is 0 Å². The third-order valence-electron chi connectivity index (χ3n) is 1.16. The lowest BCUT2D eigenvalue weighted by molar-refractivity contribution is 0.0758. The Labute approximate surface area is 56.8 Å². The summed E-state index contributed by atoms with van der Waals surface area (Å²) in [6, 6.07) is 0. The first kappa shape index (κ1) is 8.92. The predicted octanol–water partition coefficient (Wildman–Crippen LogP) is 1.95. The summed E-state index contributed by atoms with van der Waals surface area (Å²) in [5.74, 6) is 0. The minimum absolute atomic E-state index is 0.594. The van der Waals surface area contributed by atoms with Gasteiger partial charge in [-0.15, -0.1) is 0 Å². The summed E-state index contributed by atoms with van der Waals surface area (Å²) in [6.45, 7) is 4.40. The van der Waals surface area contributed by atoms with Gasteiger partial charge in [0.2, 0.25) is 0 Å². The standard InChI is InChI=1S/C7H14O2/c1-2-3-4-5-6-9-7-8/h8H,2-6H2,1H3. The van der Waals surface area contributed by atoms with E-state index in [0.717, 1.165) is 6.42 Å². The van der Waals surface area contributed by atoms with Crippen LogP contribution < -0.4 is 0 Å². The maximum atomic E-state index is 7.95. The normalized spacial score (nSPS) is 10.0. The first-order valence-corrected chi connectivity index (χ1v) is 3.42. The third kappa shape index (κ3) is 7.92. The molecule has 0 aromatic rings. The molecule has 0 amide bonds. The first-order chi connectivity index (χ1) is 4.41. The van der Waals surface area contributed by atoms with Crippen molar-refractivity contribution in [3.05, 3.63) is 6.79 Å². The molecule has 0 aliphatic heterocycles. The van der Waals surface area contributed by atoms with Crippen LogP contribution in [0.2, 0.25) is 0 Å². The molecule has 2 radical (unpaired) electrons. The maximum absolute atomic E-state index is 7.95. The number of ether oxygens (including phenoxy) is 1. The van der Waals surface area contributed by atoms with E-state index in [2.05, 4.69) is 11.7 Å². The Morgan fingerprint density at radius 3 is 2.67 bits per heavy atom. The minimum Gasteiger partial charge on any atom is -0.357 e. The molecule has 0 aromatic carbocycles. The van der Waals surface area contributed by atoms with Crippen molar-refractivity contribution in [3.8, 4) is 0 Å². The van der Waals surface area contributed by atoms with Gasteiger partial charge >= 0.3 is 0 Å². The van der Waals surface area contributed by atoms with Crippen molar-refractivity contribution >= 4 is 0 Å². The van der Waals surface area contributed by atoms with Crippen molar-refractivity contribution in [2.45, 2.75) is 32.6 Å². The zero-order chi connectivity index (χ0) is 6.95. The largest absolute Gasteiger partial charge is 0.357 e. The van der Waals surface area contributed by atoms with Crippen LogP contribution in [0.4, 0.5) is 0 Å². The van der Waals surface area contributed by atoms with Crippen LogP contribution in [-0.4, -0.2) is 11.7 Å². The van der Waals surface area contributed by atoms with Gasteiger partial charge in [-0.2, -0.15) is 0 Å². The van der Waals surface area contributed by atoms with Crippen LogP contribution in [-0.2, 0) is 4.74 Å². The van der Waals surface area contributed by atoms with Crippen molar-refractivity contribution in [3.63, 3.8) is 0 Å². The van der Waals surface area contributed by atoms with Crippen LogP contribution in [0, 0.1) is 6.79 Å². The van der Waals surface area contributed by atoms with Gasteiger partial charge in [-0.1, -0.05) is 26.2 Å². The van der Waals surface area contributed by atoms with E-state index in [1.807, 2.05) is 0 Å². The molecule has 0 fully saturated rings. The van der Waals surface area contributed by atoms with E-state index in [9.17, 15) is 0 Å². The highest BCUT2D eigenvalue weighted by Gasteiger charge is 1.86. The molecular formula is C7H14O2. The smallest absolute Gasteiger partial charge is 0.289 e. The molecule has 0 saturated carbocycles. The lowest BCUT2D eigenvalue weighted by Crippen LogP contribution is -1.90. The summed E-state index contributed by atoms with van der Waals surface area (Å²) in [7, 11) is 0. The highest BCUT2D eigenvalue weighted by Crippen LogP contribution is 1.98. The zero-order valence-electron chi connectivity index (χ0n) is 5.89. The molecule has 0 saturated heterocycles. The minimum atomic E-state index is 0.594. The SMILES string of the molecule is CCCCCCO[C]O. The van der Waals surface area contributed by atoms with Gasteiger partial charge in [0.15, 0.2) is 0 Å². The predicted molar refractivity (Wildman–Crippen MR) is 35.3 cm³/mol. The van der Waals surface area contributed by atoms with Crippen LogP contribution >= 0.6 is 0 Å². The lowest BCUT2D eigenvalue weighted by atomic mass is 10.2. The first-order valence-electron chi connectivity index (χ1n) is 3.42. The number of hydrogen-bond donors (Lipinski definition) is 1. The topological polar surface area (TPSA) is 29.5 Å². The second-order valence-electron chi connectivity index (χ2n) is 2.00. The Morgan fingerprint density at radius 1 is 1.33 bits per heavy atom. The Balaban J connectivity index is 2.60. The third-order valence-corrected chi connectivity index (χ3v) is 1.16. The van der Waals surface area contributed by atoms with E-state index in [1.54, 1.807) is 6.79 Å². The molecule has 2 nitrogen and oxygen atoms in total. The van der Waals surface area contributed by atoms with Gasteiger partial charge in [0, 0.05) is 0 Å². The molecule has 0 aromatic heterocycles. The summed E-state index contributed by atoms with van der Waals surface area (Å²) in [5, 5.41) is 7.95. The van der Waals surface area contributed by atoms with Crippen LogP contribution in [0.3, 0.4) is 0 Å². The monoisotopic (exact) mass is 130 g/mol. The molecule has 0 unspecified atom stereocenters. The Kier molecular flexibility index (Phi) is 7.85. The van der Waals surface area contributed by atoms with Crippen LogP contribution in [0.15, 0.2) is 0 Å². The molecule has 9 heavy (non-hydrogen) atoms. The van der Waals surface area contributed by atoms with Gasteiger partial charge in [0.05, 0.1) is 6.61 Å². The fourth-order valence-corrected chi connectivity index (χ4v) is 0.647. The number of aliphatic hydroxyl groups excluding tert-OH is 1. The average molecular weight is 130 g/mol. The molecule has 0 spiro atoms. The van der Waals surface area contributed by atoms with Crippen molar-refractivity contribution < 1.29 is 9.84 Å². The van der Waals surface area contributed by atoms with E-state index >= 15 is 0 Å². The molecule has 0 bridgehead atoms. The Bertz CT molecular complexity index is 40.2. The van der Waals surface area contributed by atoms with Gasteiger partial charge in [0.1, 0.15) is 0 Å². The van der Waals surface area contributed by atoms with Gasteiger partial charge < -0.3 is 9.84 Å². The van der Waals surface area contributed by atoms with Crippen molar-refractivity contribution in [1.82, 2.24) is 0 Å². The molecule has 2 heteroatoms. The average Bonchev–Trinajstić information content (AvgIpc) is 1.89. The molecule has 0 rings (SSSR count). The van der Waals surface area contributed by atoms with Gasteiger partial charge in [0.25, 0.3) is 6.79 Å². The summed E-state index contributed by atoms with van der Waals surface area (Å²) in [4.78, 5) is 0. The van der Waals surface area contributed by atoms with Crippen LogP contribution in [0.25, 0.3) is 0 Å². The van der Waals surface area contributed by atoms with Crippen molar-refractivity contribution in [1.29, 1.82) is 0 Å². The van der Waals surface area contributed by atoms with E-state index in [0.29, 0.717) is 6.61 Å². The Morgan fingerprint density at radius 2 is 2.11 bits per heavy atom. The van der Waals surface area contributed by atoms with Crippen LogP contribution in [0.1, 0.15) is 32.6 Å². The summed E-state index contributed by atoms with van der Waals surface area (Å²) in [5.41, 5.74) is 0. The number of rotatable bonds is 6. The highest BCUT2D eigenvalue weighted by atomic mass is 16.6. The summed E-state index contributed by atoms with van der Waals surface area (Å²) < 4.78 is 4.49. The second-order valence-corrected chi connectivity index (χ2v) is 2.00. The molecule has 0 aliphatic rings. The number of hydrogen-bond acceptors (Lipinski definition) is 2. The van der Waals surface area contributed by atoms with Gasteiger partial charge in [-0.05, 0) is 6.42 Å². The number of aliphatic hydroxyl groups is 1. The fraction of sp³-hybridized carbons (Fsp3) is 0.857. The van der Waals surface area contributed by atoms with E-state index in [1.165, 1.54) is 19.3 Å². The van der Waals surface area contributed by atoms with Crippen molar-refractivity contribution in [2.75, 3.05) is 6.61 Å². The lowest BCUT2D eigenvalue weighted by Gasteiger charge is -1.96. The quantitative estimate of drug-likeness (QED) is 0.557. The van der Waals surface area contributed by atoms with Crippen molar-refractivity contribution in [2.24, 2.45) is 0 Å². The summed E-state index contributed by atoms with van der Waals surface area (Å²) >= 11 is 0. The highest BCUT2D eigenvalue weighted by molar-refractivity contribution is 4.38. The molecule has 54 valence electrons.